The third kappa shape index (κ3) is 4.60. The van der Waals surface area contributed by atoms with Crippen molar-refractivity contribution in [1.82, 2.24) is 14.9 Å². The SMILES string of the molecule is CC[C@@H](C)NC(=O)C1CCN(c2nc3ccccc3n2Cc2cc(C)ccc2C)CC1. The van der Waals surface area contributed by atoms with Crippen LogP contribution in [0.3, 0.4) is 0 Å². The lowest BCUT2D eigenvalue weighted by Gasteiger charge is -2.33. The zero-order chi connectivity index (χ0) is 22.0. The molecule has 5 nitrogen and oxygen atoms in total. The summed E-state index contributed by atoms with van der Waals surface area (Å²) in [5.41, 5.74) is 6.09. The molecular weight excluding hydrogens is 384 g/mol. The molecule has 0 unspecified atom stereocenters. The van der Waals surface area contributed by atoms with Gasteiger partial charge in [-0.15, -0.1) is 0 Å². The Kier molecular flexibility index (Phi) is 6.30. The number of carbonyl (C=O) groups is 1. The van der Waals surface area contributed by atoms with Crippen molar-refractivity contribution in [3.63, 3.8) is 0 Å². The minimum Gasteiger partial charge on any atom is -0.353 e. The minimum atomic E-state index is 0.0992. The number of nitrogens with zero attached hydrogens (tertiary/aromatic N) is 3. The lowest BCUT2D eigenvalue weighted by atomic mass is 9.95. The van der Waals surface area contributed by atoms with Gasteiger partial charge in [0.2, 0.25) is 11.9 Å². The second kappa shape index (κ2) is 9.13. The molecule has 3 aromatic rings. The van der Waals surface area contributed by atoms with Crippen LogP contribution in [0, 0.1) is 19.8 Å². The van der Waals surface area contributed by atoms with Crippen molar-refractivity contribution < 1.29 is 4.79 Å². The van der Waals surface area contributed by atoms with Crippen molar-refractivity contribution in [3.8, 4) is 0 Å². The smallest absolute Gasteiger partial charge is 0.223 e. The van der Waals surface area contributed by atoms with E-state index in [0.717, 1.165) is 55.9 Å². The predicted molar refractivity (Wildman–Crippen MR) is 128 cm³/mol. The van der Waals surface area contributed by atoms with Crippen LogP contribution in [-0.2, 0) is 11.3 Å². The Morgan fingerprint density at radius 1 is 1.16 bits per heavy atom. The van der Waals surface area contributed by atoms with Gasteiger partial charge in [0.1, 0.15) is 0 Å². The van der Waals surface area contributed by atoms with Gasteiger partial charge in [0.25, 0.3) is 0 Å². The van der Waals surface area contributed by atoms with Gasteiger partial charge in [-0.05, 0) is 63.3 Å². The quantitative estimate of drug-likeness (QED) is 0.624. The molecule has 2 heterocycles. The molecule has 5 heteroatoms. The van der Waals surface area contributed by atoms with Gasteiger partial charge in [-0.3, -0.25) is 4.79 Å². The first kappa shape index (κ1) is 21.4. The summed E-state index contributed by atoms with van der Waals surface area (Å²) < 4.78 is 2.34. The number of piperidine rings is 1. The number of rotatable bonds is 6. The van der Waals surface area contributed by atoms with E-state index < -0.39 is 0 Å². The second-order valence-electron chi connectivity index (χ2n) is 9.00. The third-order valence-corrected chi connectivity index (χ3v) is 6.62. The first-order valence-electron chi connectivity index (χ1n) is 11.5. The van der Waals surface area contributed by atoms with E-state index in [1.165, 1.54) is 16.7 Å². The summed E-state index contributed by atoms with van der Waals surface area (Å²) in [6.45, 7) is 11.0. The maximum atomic E-state index is 12.6. The Balaban J connectivity index is 1.58. The third-order valence-electron chi connectivity index (χ3n) is 6.62. The molecule has 0 spiro atoms. The van der Waals surface area contributed by atoms with Crippen molar-refractivity contribution >= 4 is 22.9 Å². The summed E-state index contributed by atoms with van der Waals surface area (Å²) in [4.78, 5) is 19.9. The average Bonchev–Trinajstić information content (AvgIpc) is 3.14. The van der Waals surface area contributed by atoms with E-state index >= 15 is 0 Å². The van der Waals surface area contributed by atoms with Gasteiger partial charge in [-0.2, -0.15) is 0 Å². The van der Waals surface area contributed by atoms with E-state index in [-0.39, 0.29) is 17.9 Å². The van der Waals surface area contributed by atoms with Gasteiger partial charge >= 0.3 is 0 Å². The molecule has 4 rings (SSSR count). The Bertz CT molecular complexity index is 1060. The number of imidazole rings is 1. The maximum absolute atomic E-state index is 12.6. The van der Waals surface area contributed by atoms with Crippen LogP contribution >= 0.6 is 0 Å². The molecule has 1 fully saturated rings. The van der Waals surface area contributed by atoms with E-state index in [9.17, 15) is 4.79 Å². The van der Waals surface area contributed by atoms with Crippen LogP contribution in [0.5, 0.6) is 0 Å². The molecule has 1 aromatic heterocycles. The van der Waals surface area contributed by atoms with E-state index in [1.54, 1.807) is 0 Å². The number of anilines is 1. The highest BCUT2D eigenvalue weighted by Gasteiger charge is 2.28. The summed E-state index contributed by atoms with van der Waals surface area (Å²) in [6.07, 6.45) is 2.71. The fraction of sp³-hybridized carbons (Fsp3) is 0.462. The summed E-state index contributed by atoms with van der Waals surface area (Å²) in [7, 11) is 0. The van der Waals surface area contributed by atoms with Crippen LogP contribution in [0.2, 0.25) is 0 Å². The molecule has 0 aliphatic carbocycles. The van der Waals surface area contributed by atoms with Gasteiger partial charge in [-0.1, -0.05) is 42.8 Å². The van der Waals surface area contributed by atoms with Crippen LogP contribution in [0.15, 0.2) is 42.5 Å². The van der Waals surface area contributed by atoms with Gasteiger partial charge in [0.15, 0.2) is 0 Å². The molecule has 1 saturated heterocycles. The van der Waals surface area contributed by atoms with Gasteiger partial charge in [0.05, 0.1) is 17.6 Å². The number of nitrogens with one attached hydrogen (secondary N) is 1. The number of para-hydroxylation sites is 2. The van der Waals surface area contributed by atoms with Crippen molar-refractivity contribution in [3.05, 3.63) is 59.2 Å². The number of aromatic nitrogens is 2. The summed E-state index contributed by atoms with van der Waals surface area (Å²) >= 11 is 0. The number of aryl methyl sites for hydroxylation is 2. The number of amides is 1. The average molecular weight is 419 g/mol. The van der Waals surface area contributed by atoms with E-state index in [1.807, 2.05) is 6.07 Å². The topological polar surface area (TPSA) is 50.2 Å². The van der Waals surface area contributed by atoms with Gasteiger partial charge in [-0.25, -0.2) is 4.98 Å². The van der Waals surface area contributed by atoms with Gasteiger partial charge in [0, 0.05) is 25.0 Å². The molecule has 1 atom stereocenters. The zero-order valence-electron chi connectivity index (χ0n) is 19.2. The lowest BCUT2D eigenvalue weighted by Crippen LogP contribution is -2.43. The monoisotopic (exact) mass is 418 g/mol. The highest BCUT2D eigenvalue weighted by atomic mass is 16.1. The Morgan fingerprint density at radius 2 is 1.90 bits per heavy atom. The molecule has 1 N–H and O–H groups in total. The van der Waals surface area contributed by atoms with Crippen molar-refractivity contribution in [2.24, 2.45) is 5.92 Å². The largest absolute Gasteiger partial charge is 0.353 e. The molecule has 1 aliphatic heterocycles. The van der Waals surface area contributed by atoms with Crippen LogP contribution in [0.1, 0.15) is 49.8 Å². The molecule has 0 bridgehead atoms. The van der Waals surface area contributed by atoms with Crippen LogP contribution in [0.25, 0.3) is 11.0 Å². The van der Waals surface area contributed by atoms with E-state index in [0.29, 0.717) is 0 Å². The minimum absolute atomic E-state index is 0.0992. The molecular formula is C26H34N4O. The van der Waals surface area contributed by atoms with Crippen LogP contribution in [0.4, 0.5) is 5.95 Å². The molecule has 0 radical (unpaired) electrons. The molecule has 0 saturated carbocycles. The lowest BCUT2D eigenvalue weighted by molar-refractivity contribution is -0.126. The molecule has 1 amide bonds. The first-order valence-corrected chi connectivity index (χ1v) is 11.5. The van der Waals surface area contributed by atoms with Gasteiger partial charge < -0.3 is 14.8 Å². The Morgan fingerprint density at radius 3 is 2.65 bits per heavy atom. The van der Waals surface area contributed by atoms with Crippen LogP contribution < -0.4 is 10.2 Å². The molecule has 31 heavy (non-hydrogen) atoms. The van der Waals surface area contributed by atoms with E-state index in [2.05, 4.69) is 78.9 Å². The van der Waals surface area contributed by atoms with Crippen molar-refractivity contribution in [2.75, 3.05) is 18.0 Å². The predicted octanol–water partition coefficient (Wildman–Crippen LogP) is 4.83. The Hall–Kier alpha value is -2.82. The number of hydrogen-bond acceptors (Lipinski definition) is 3. The fourth-order valence-electron chi connectivity index (χ4n) is 4.41. The number of carbonyl (C=O) groups excluding carboxylic acids is 1. The first-order chi connectivity index (χ1) is 15.0. The van der Waals surface area contributed by atoms with E-state index in [4.69, 9.17) is 4.98 Å². The maximum Gasteiger partial charge on any atom is 0.223 e. The second-order valence-corrected chi connectivity index (χ2v) is 9.00. The van der Waals surface area contributed by atoms with Crippen molar-refractivity contribution in [1.29, 1.82) is 0 Å². The zero-order valence-corrected chi connectivity index (χ0v) is 19.2. The number of fused-ring (bicyclic) bond motifs is 1. The Labute approximate surface area is 185 Å². The standard InChI is InChI=1S/C26H34N4O/c1-5-20(4)27-25(31)21-12-14-29(15-13-21)26-28-23-8-6-7-9-24(23)30(26)17-22-16-18(2)10-11-19(22)3/h6-11,16,20-21H,5,12-15,17H2,1-4H3,(H,27,31)/t20-/m1/s1. The van der Waals surface area contributed by atoms with Crippen LogP contribution in [-0.4, -0.2) is 34.6 Å². The molecule has 164 valence electrons. The highest BCUT2D eigenvalue weighted by Crippen LogP contribution is 2.28. The summed E-state index contributed by atoms with van der Waals surface area (Å²) in [5.74, 6) is 1.32. The normalized spacial score (nSPS) is 15.9. The molecule has 1 aliphatic rings. The summed E-state index contributed by atoms with van der Waals surface area (Å²) in [5, 5.41) is 3.15. The highest BCUT2D eigenvalue weighted by molar-refractivity contribution is 5.80. The molecule has 2 aromatic carbocycles. The summed E-state index contributed by atoms with van der Waals surface area (Å²) in [6, 6.07) is 15.3. The van der Waals surface area contributed by atoms with Crippen molar-refractivity contribution in [2.45, 2.75) is 59.5 Å². The number of hydrogen-bond donors (Lipinski definition) is 1. The number of benzene rings is 2. The fourth-order valence-corrected chi connectivity index (χ4v) is 4.41.